The topological polar surface area (TPSA) is 26.3 Å². The van der Waals surface area contributed by atoms with Gasteiger partial charge >= 0.3 is 6.61 Å². The Morgan fingerprint density at radius 1 is 1.24 bits per heavy atom. The molecule has 1 aromatic carbocycles. The molecule has 94 valence electrons. The first-order valence-corrected chi connectivity index (χ1v) is 4.40. The molecule has 17 heavy (non-hydrogen) atoms. The number of halogens is 5. The van der Waals surface area contributed by atoms with Gasteiger partial charge in [-0.25, -0.2) is 13.2 Å². The van der Waals surface area contributed by atoms with Crippen molar-refractivity contribution < 1.29 is 31.5 Å². The highest BCUT2D eigenvalue weighted by Crippen LogP contribution is 2.32. The number of hydrogen-bond acceptors (Lipinski definition) is 2. The monoisotopic (exact) mass is 254 g/mol. The van der Waals surface area contributed by atoms with Crippen LogP contribution in [-0.4, -0.2) is 12.4 Å². The van der Waals surface area contributed by atoms with Gasteiger partial charge in [0.25, 0.3) is 6.43 Å². The molecule has 0 aromatic heterocycles. The lowest BCUT2D eigenvalue weighted by atomic mass is 10.0. The number of hydrogen-bond donors (Lipinski definition) is 0. The minimum Gasteiger partial charge on any atom is -0.434 e. The molecule has 0 saturated carbocycles. The fraction of sp³-hybridized carbons (Fsp3) is 0.300. The number of benzene rings is 1. The average molecular weight is 254 g/mol. The maximum Gasteiger partial charge on any atom is 0.387 e. The van der Waals surface area contributed by atoms with Gasteiger partial charge in [0.05, 0.1) is 5.56 Å². The van der Waals surface area contributed by atoms with Crippen LogP contribution in [0.3, 0.4) is 0 Å². The van der Waals surface area contributed by atoms with Crippen LogP contribution in [0.5, 0.6) is 5.75 Å². The van der Waals surface area contributed by atoms with Gasteiger partial charge in [0.2, 0.25) is 0 Å². The maximum absolute atomic E-state index is 12.9. The fourth-order valence-electron chi connectivity index (χ4n) is 1.34. The molecule has 7 heteroatoms. The molecule has 1 aromatic rings. The number of rotatable bonds is 4. The van der Waals surface area contributed by atoms with Crippen molar-refractivity contribution in [3.63, 3.8) is 0 Å². The van der Waals surface area contributed by atoms with Crippen molar-refractivity contribution in [1.29, 1.82) is 0 Å². The molecule has 0 bridgehead atoms. The minimum atomic E-state index is -3.33. The zero-order valence-electron chi connectivity index (χ0n) is 8.52. The minimum absolute atomic E-state index is 0.416. The third kappa shape index (κ3) is 3.15. The Morgan fingerprint density at radius 2 is 1.82 bits per heavy atom. The van der Waals surface area contributed by atoms with E-state index in [1.165, 1.54) is 0 Å². The van der Waals surface area contributed by atoms with Crippen LogP contribution in [0, 0.1) is 5.82 Å². The zero-order chi connectivity index (χ0) is 13.2. The van der Waals surface area contributed by atoms with Crippen molar-refractivity contribution >= 4 is 5.78 Å². The highest BCUT2D eigenvalue weighted by atomic mass is 19.3. The molecule has 0 aliphatic rings. The molecule has 0 fully saturated rings. The van der Waals surface area contributed by atoms with Crippen LogP contribution in [0.1, 0.15) is 29.3 Å². The summed E-state index contributed by atoms with van der Waals surface area (Å²) in [6, 6.07) is 0.883. The molecule has 0 spiro atoms. The first kappa shape index (κ1) is 13.4. The van der Waals surface area contributed by atoms with Crippen molar-refractivity contribution in [2.75, 3.05) is 0 Å². The molecule has 1 rings (SSSR count). The highest BCUT2D eigenvalue weighted by Gasteiger charge is 2.23. The van der Waals surface area contributed by atoms with Crippen molar-refractivity contribution in [2.45, 2.75) is 20.0 Å². The van der Waals surface area contributed by atoms with Crippen molar-refractivity contribution in [3.05, 3.63) is 29.1 Å². The van der Waals surface area contributed by atoms with Gasteiger partial charge in [0, 0.05) is 11.6 Å². The molecule has 2 nitrogen and oxygen atoms in total. The lowest BCUT2D eigenvalue weighted by Crippen LogP contribution is -2.10. The molecule has 0 atom stereocenters. The van der Waals surface area contributed by atoms with Gasteiger partial charge in [-0.3, -0.25) is 4.79 Å². The molecular formula is C10H7F5O2. The number of carbonyl (C=O) groups is 1. The maximum atomic E-state index is 12.9. The molecule has 0 heterocycles. The van der Waals surface area contributed by atoms with Crippen LogP contribution in [0.2, 0.25) is 0 Å². The second-order valence-electron chi connectivity index (χ2n) is 3.10. The van der Waals surface area contributed by atoms with Gasteiger partial charge in [0.15, 0.2) is 5.78 Å². The van der Waals surface area contributed by atoms with Crippen molar-refractivity contribution in [2.24, 2.45) is 0 Å². The third-order valence-corrected chi connectivity index (χ3v) is 1.90. The van der Waals surface area contributed by atoms with E-state index in [9.17, 15) is 26.7 Å². The highest BCUT2D eigenvalue weighted by molar-refractivity contribution is 5.98. The van der Waals surface area contributed by atoms with Crippen LogP contribution < -0.4 is 4.74 Å². The van der Waals surface area contributed by atoms with E-state index in [0.29, 0.717) is 12.1 Å². The Bertz CT molecular complexity index is 431. The van der Waals surface area contributed by atoms with Crippen LogP contribution in [0.4, 0.5) is 22.0 Å². The predicted molar refractivity (Wildman–Crippen MR) is 48.0 cm³/mol. The SMILES string of the molecule is CC(=O)c1c(OC(F)F)cc(F)cc1C(F)F. The van der Waals surface area contributed by atoms with Gasteiger partial charge in [-0.1, -0.05) is 0 Å². The summed E-state index contributed by atoms with van der Waals surface area (Å²) in [6.45, 7) is -2.43. The van der Waals surface area contributed by atoms with Gasteiger partial charge < -0.3 is 4.74 Å². The number of ketones is 1. The first-order valence-electron chi connectivity index (χ1n) is 4.40. The molecular weight excluding hydrogens is 247 g/mol. The summed E-state index contributed by atoms with van der Waals surface area (Å²) in [4.78, 5) is 11.1. The zero-order valence-corrected chi connectivity index (χ0v) is 8.52. The van der Waals surface area contributed by atoms with E-state index >= 15 is 0 Å². The summed E-state index contributed by atoms with van der Waals surface area (Å²) >= 11 is 0. The normalized spacial score (nSPS) is 11.1. The number of Topliss-reactive ketones (excluding diaryl/α,β-unsaturated/α-hetero) is 1. The van der Waals surface area contributed by atoms with Gasteiger partial charge in [-0.05, 0) is 13.0 Å². The van der Waals surface area contributed by atoms with Gasteiger partial charge in [-0.2, -0.15) is 8.78 Å². The number of carbonyl (C=O) groups excluding carboxylic acids is 1. The summed E-state index contributed by atoms with van der Waals surface area (Å²) in [5.41, 5.74) is -1.70. The van der Waals surface area contributed by atoms with E-state index in [2.05, 4.69) is 4.74 Å². The smallest absolute Gasteiger partial charge is 0.387 e. The van der Waals surface area contributed by atoms with Crippen LogP contribution in [0.15, 0.2) is 12.1 Å². The standard InChI is InChI=1S/C10H7F5O2/c1-4(16)8-6(9(12)13)2-5(11)3-7(8)17-10(14)15/h2-3,9-10H,1H3. The number of ether oxygens (including phenoxy) is 1. The fourth-order valence-corrected chi connectivity index (χ4v) is 1.34. The molecule has 0 amide bonds. The van der Waals surface area contributed by atoms with Crippen LogP contribution >= 0.6 is 0 Å². The molecule has 0 aliphatic heterocycles. The summed E-state index contributed by atoms with van der Waals surface area (Å²) in [7, 11) is 0. The van der Waals surface area contributed by atoms with E-state index in [1.54, 1.807) is 0 Å². The Kier molecular flexibility index (Phi) is 4.03. The van der Waals surface area contributed by atoms with E-state index in [4.69, 9.17) is 0 Å². The van der Waals surface area contributed by atoms with Crippen molar-refractivity contribution in [3.8, 4) is 5.75 Å². The molecule has 0 unspecified atom stereocenters. The second-order valence-corrected chi connectivity index (χ2v) is 3.10. The molecule has 0 saturated heterocycles. The largest absolute Gasteiger partial charge is 0.434 e. The number of alkyl halides is 4. The lowest BCUT2D eigenvalue weighted by Gasteiger charge is -2.13. The Hall–Kier alpha value is -1.66. The van der Waals surface area contributed by atoms with Gasteiger partial charge in [0.1, 0.15) is 11.6 Å². The van der Waals surface area contributed by atoms with E-state index in [-0.39, 0.29) is 0 Å². The van der Waals surface area contributed by atoms with E-state index in [1.807, 2.05) is 0 Å². The van der Waals surface area contributed by atoms with Gasteiger partial charge in [-0.15, -0.1) is 0 Å². The van der Waals surface area contributed by atoms with Crippen molar-refractivity contribution in [1.82, 2.24) is 0 Å². The summed E-state index contributed by atoms with van der Waals surface area (Å²) < 4.78 is 65.8. The second kappa shape index (κ2) is 5.11. The molecule has 0 radical (unpaired) electrons. The Balaban J connectivity index is 3.40. The third-order valence-electron chi connectivity index (χ3n) is 1.90. The van der Waals surface area contributed by atoms with Crippen LogP contribution in [0.25, 0.3) is 0 Å². The van der Waals surface area contributed by atoms with E-state index in [0.717, 1.165) is 6.92 Å². The lowest BCUT2D eigenvalue weighted by molar-refractivity contribution is -0.0505. The van der Waals surface area contributed by atoms with Crippen LogP contribution in [-0.2, 0) is 0 Å². The van der Waals surface area contributed by atoms with E-state index < -0.39 is 41.5 Å². The molecule has 0 aliphatic carbocycles. The summed E-state index contributed by atoms with van der Waals surface area (Å²) in [5.74, 6) is -2.97. The predicted octanol–water partition coefficient (Wildman–Crippen LogP) is 3.57. The quantitative estimate of drug-likeness (QED) is 0.606. The summed E-state index contributed by atoms with van der Waals surface area (Å²) in [5, 5.41) is 0. The Labute approximate surface area is 93.0 Å². The Morgan fingerprint density at radius 3 is 2.24 bits per heavy atom. The average Bonchev–Trinajstić information content (AvgIpc) is 2.14. The molecule has 0 N–H and O–H groups in total. The summed E-state index contributed by atoms with van der Waals surface area (Å²) in [6.07, 6.45) is -3.16. The first-order chi connectivity index (χ1) is 7.82.